The molecule has 0 aliphatic rings. The van der Waals surface area contributed by atoms with Crippen LogP contribution in [-0.4, -0.2) is 18.7 Å². The lowest BCUT2D eigenvalue weighted by atomic mass is 10.2. The fourth-order valence-electron chi connectivity index (χ4n) is 1.57. The Bertz CT molecular complexity index is 647. The van der Waals surface area contributed by atoms with Gasteiger partial charge in [-0.1, -0.05) is 34.1 Å². The summed E-state index contributed by atoms with van der Waals surface area (Å²) in [6.45, 7) is 0.0856. The Morgan fingerprint density at radius 3 is 2.76 bits per heavy atom. The van der Waals surface area contributed by atoms with Gasteiger partial charge in [-0.05, 0) is 30.3 Å². The van der Waals surface area contributed by atoms with Crippen molar-refractivity contribution in [2.75, 3.05) is 11.9 Å². The highest BCUT2D eigenvalue weighted by Gasteiger charge is 2.01. The lowest BCUT2D eigenvalue weighted by Gasteiger charge is -2.04. The van der Waals surface area contributed by atoms with Crippen LogP contribution in [0.25, 0.3) is 0 Å². The minimum atomic E-state index is -0.404. The van der Waals surface area contributed by atoms with E-state index in [2.05, 4.69) is 31.8 Å². The maximum atomic E-state index is 13.4. The first-order valence-electron chi connectivity index (χ1n) is 6.21. The second-order valence-electron chi connectivity index (χ2n) is 4.18. The maximum absolute atomic E-state index is 13.4. The van der Waals surface area contributed by atoms with Crippen LogP contribution in [0, 0.1) is 5.82 Å². The van der Waals surface area contributed by atoms with E-state index in [-0.39, 0.29) is 12.5 Å². The summed E-state index contributed by atoms with van der Waals surface area (Å²) in [5.41, 5.74) is 3.47. The zero-order valence-electron chi connectivity index (χ0n) is 11.0. The summed E-state index contributed by atoms with van der Waals surface area (Å²) >= 11 is 3.24. The van der Waals surface area contributed by atoms with Crippen molar-refractivity contribution < 1.29 is 9.18 Å². The highest BCUT2D eigenvalue weighted by molar-refractivity contribution is 9.10. The van der Waals surface area contributed by atoms with E-state index >= 15 is 0 Å². The van der Waals surface area contributed by atoms with Crippen LogP contribution in [0.1, 0.15) is 5.56 Å². The number of hydrazone groups is 1. The molecule has 0 unspecified atom stereocenters. The van der Waals surface area contributed by atoms with Crippen molar-refractivity contribution in [3.63, 3.8) is 0 Å². The predicted molar refractivity (Wildman–Crippen MR) is 84.8 cm³/mol. The summed E-state index contributed by atoms with van der Waals surface area (Å²) in [6, 6.07) is 13.8. The number of nitrogens with one attached hydrogen (secondary N) is 2. The summed E-state index contributed by atoms with van der Waals surface area (Å²) in [6.07, 6.45) is 1.26. The van der Waals surface area contributed by atoms with Gasteiger partial charge in [-0.15, -0.1) is 0 Å². The van der Waals surface area contributed by atoms with Crippen LogP contribution in [0.15, 0.2) is 58.1 Å². The molecule has 0 bridgehead atoms. The topological polar surface area (TPSA) is 53.5 Å². The average molecular weight is 350 g/mol. The lowest BCUT2D eigenvalue weighted by Crippen LogP contribution is -2.25. The zero-order chi connectivity index (χ0) is 15.1. The van der Waals surface area contributed by atoms with Crippen LogP contribution in [0.3, 0.4) is 0 Å². The van der Waals surface area contributed by atoms with Gasteiger partial charge in [0.2, 0.25) is 0 Å². The number of rotatable bonds is 5. The molecule has 0 aromatic heterocycles. The number of halogens is 2. The molecular weight excluding hydrogens is 337 g/mol. The molecule has 0 atom stereocenters. The molecule has 4 nitrogen and oxygen atoms in total. The van der Waals surface area contributed by atoms with Crippen molar-refractivity contribution in [3.05, 3.63) is 64.4 Å². The van der Waals surface area contributed by atoms with E-state index < -0.39 is 5.82 Å². The van der Waals surface area contributed by atoms with Gasteiger partial charge in [0.1, 0.15) is 5.82 Å². The standard InChI is InChI=1S/C15H13BrFN3O/c16-12-6-7-14(17)11(8-12)9-19-20-15(21)10-18-13-4-2-1-3-5-13/h1-9,18H,10H2,(H,20,21)/b19-9+. The van der Waals surface area contributed by atoms with E-state index in [9.17, 15) is 9.18 Å². The Kier molecular flexibility index (Phi) is 5.45. The van der Waals surface area contributed by atoms with Gasteiger partial charge < -0.3 is 5.32 Å². The van der Waals surface area contributed by atoms with Crippen molar-refractivity contribution >= 4 is 33.7 Å². The zero-order valence-corrected chi connectivity index (χ0v) is 12.6. The third kappa shape index (κ3) is 5.00. The molecule has 0 fully saturated rings. The molecule has 0 radical (unpaired) electrons. The first-order chi connectivity index (χ1) is 10.1. The van der Waals surface area contributed by atoms with Crippen molar-refractivity contribution in [2.45, 2.75) is 0 Å². The number of benzene rings is 2. The molecule has 0 aliphatic heterocycles. The molecule has 2 N–H and O–H groups in total. The summed E-state index contributed by atoms with van der Waals surface area (Å²) < 4.78 is 14.2. The molecule has 2 aromatic rings. The lowest BCUT2D eigenvalue weighted by molar-refractivity contribution is -0.119. The number of hydrogen-bond donors (Lipinski definition) is 2. The minimum absolute atomic E-state index is 0.0856. The fourth-order valence-corrected chi connectivity index (χ4v) is 1.94. The first kappa shape index (κ1) is 15.2. The Balaban J connectivity index is 1.83. The highest BCUT2D eigenvalue weighted by atomic mass is 79.9. The Morgan fingerprint density at radius 2 is 2.00 bits per heavy atom. The molecule has 0 saturated carbocycles. The molecule has 2 aromatic carbocycles. The smallest absolute Gasteiger partial charge is 0.259 e. The highest BCUT2D eigenvalue weighted by Crippen LogP contribution is 2.13. The third-order valence-corrected chi connectivity index (χ3v) is 3.07. The molecule has 0 heterocycles. The number of hydrogen-bond acceptors (Lipinski definition) is 3. The van der Waals surface area contributed by atoms with Crippen molar-refractivity contribution in [2.24, 2.45) is 5.10 Å². The number of para-hydroxylation sites is 1. The summed E-state index contributed by atoms with van der Waals surface area (Å²) in [4.78, 5) is 11.6. The quantitative estimate of drug-likeness (QED) is 0.643. The van der Waals surface area contributed by atoms with Crippen LogP contribution < -0.4 is 10.7 Å². The predicted octanol–water partition coefficient (Wildman–Crippen LogP) is 3.15. The Labute approximate surface area is 130 Å². The Hall–Kier alpha value is -2.21. The molecule has 0 saturated heterocycles. The molecule has 21 heavy (non-hydrogen) atoms. The summed E-state index contributed by atoms with van der Waals surface area (Å²) in [5, 5.41) is 6.68. The van der Waals surface area contributed by atoms with Crippen molar-refractivity contribution in [3.8, 4) is 0 Å². The van der Waals surface area contributed by atoms with E-state index in [1.165, 1.54) is 12.3 Å². The van der Waals surface area contributed by atoms with Crippen LogP contribution in [0.2, 0.25) is 0 Å². The molecular formula is C15H13BrFN3O. The minimum Gasteiger partial charge on any atom is -0.376 e. The van der Waals surface area contributed by atoms with Crippen LogP contribution in [-0.2, 0) is 4.79 Å². The van der Waals surface area contributed by atoms with E-state index in [0.29, 0.717) is 5.56 Å². The van der Waals surface area contributed by atoms with Gasteiger partial charge in [-0.25, -0.2) is 9.82 Å². The van der Waals surface area contributed by atoms with E-state index in [1.54, 1.807) is 12.1 Å². The molecule has 0 spiro atoms. The number of amides is 1. The van der Waals surface area contributed by atoms with Crippen molar-refractivity contribution in [1.29, 1.82) is 0 Å². The van der Waals surface area contributed by atoms with Crippen LogP contribution in [0.5, 0.6) is 0 Å². The van der Waals surface area contributed by atoms with Crippen LogP contribution >= 0.6 is 15.9 Å². The maximum Gasteiger partial charge on any atom is 0.259 e. The normalized spacial score (nSPS) is 10.6. The Morgan fingerprint density at radius 1 is 1.24 bits per heavy atom. The van der Waals surface area contributed by atoms with Gasteiger partial charge in [0.25, 0.3) is 5.91 Å². The van der Waals surface area contributed by atoms with Gasteiger partial charge in [0.05, 0.1) is 12.8 Å². The first-order valence-corrected chi connectivity index (χ1v) is 7.00. The van der Waals surface area contributed by atoms with Gasteiger partial charge in [0, 0.05) is 15.7 Å². The average Bonchev–Trinajstić information content (AvgIpc) is 2.50. The van der Waals surface area contributed by atoms with Gasteiger partial charge in [-0.3, -0.25) is 4.79 Å². The summed E-state index contributed by atoms with van der Waals surface area (Å²) in [5.74, 6) is -0.718. The molecule has 0 aliphatic carbocycles. The van der Waals surface area contributed by atoms with Crippen molar-refractivity contribution in [1.82, 2.24) is 5.43 Å². The van der Waals surface area contributed by atoms with Crippen LogP contribution in [0.4, 0.5) is 10.1 Å². The van der Waals surface area contributed by atoms with E-state index in [0.717, 1.165) is 10.2 Å². The summed E-state index contributed by atoms with van der Waals surface area (Å²) in [7, 11) is 0. The molecule has 108 valence electrons. The molecule has 1 amide bonds. The van der Waals surface area contributed by atoms with Gasteiger partial charge >= 0.3 is 0 Å². The monoisotopic (exact) mass is 349 g/mol. The fraction of sp³-hybridized carbons (Fsp3) is 0.0667. The molecule has 6 heteroatoms. The largest absolute Gasteiger partial charge is 0.376 e. The SMILES string of the molecule is O=C(CNc1ccccc1)N/N=C/c1cc(Br)ccc1F. The number of nitrogens with zero attached hydrogens (tertiary/aromatic N) is 1. The number of anilines is 1. The van der Waals surface area contributed by atoms with Gasteiger partial charge in [-0.2, -0.15) is 5.10 Å². The second kappa shape index (κ2) is 7.54. The second-order valence-corrected chi connectivity index (χ2v) is 5.09. The van der Waals surface area contributed by atoms with E-state index in [4.69, 9.17) is 0 Å². The van der Waals surface area contributed by atoms with E-state index in [1.807, 2.05) is 30.3 Å². The van der Waals surface area contributed by atoms with Gasteiger partial charge in [0.15, 0.2) is 0 Å². The number of carbonyl (C=O) groups excluding carboxylic acids is 1. The third-order valence-electron chi connectivity index (χ3n) is 2.58. The molecule has 2 rings (SSSR count). The number of carbonyl (C=O) groups is 1.